The van der Waals surface area contributed by atoms with E-state index in [1.807, 2.05) is 55.5 Å². The molecule has 5 aromatic rings. The Hall–Kier alpha value is -4.25. The van der Waals surface area contributed by atoms with Crippen LogP contribution in [-0.4, -0.2) is 50.8 Å². The second kappa shape index (κ2) is 15.2. The zero-order chi connectivity index (χ0) is 31.8. The first-order valence-corrected chi connectivity index (χ1v) is 15.8. The average molecular weight is 646 g/mol. The number of nitrogens with one attached hydrogen (secondary N) is 1. The largest absolute Gasteiger partial charge is 0.383 e. The number of hydrogen-bond donors (Lipinski definition) is 1. The SMILES string of the molecule is COCCN(Cc1ccc(-c2ccc(Cl)cc2)cc1)C(=O)Cn1cc(C(C)c2cn[nH]c2)c(=O)nc1SCc1ccc(F)cc1. The van der Waals surface area contributed by atoms with Gasteiger partial charge >= 0.3 is 0 Å². The predicted molar refractivity (Wildman–Crippen MR) is 175 cm³/mol. The molecule has 5 rings (SSSR count). The summed E-state index contributed by atoms with van der Waals surface area (Å²) in [6.45, 7) is 3.01. The van der Waals surface area contributed by atoms with E-state index in [0.717, 1.165) is 27.8 Å². The van der Waals surface area contributed by atoms with E-state index in [1.54, 1.807) is 47.3 Å². The third-order valence-corrected chi connectivity index (χ3v) is 8.79. The van der Waals surface area contributed by atoms with Crippen LogP contribution in [0.2, 0.25) is 5.02 Å². The van der Waals surface area contributed by atoms with Gasteiger partial charge in [0.2, 0.25) is 5.91 Å². The standard InChI is InChI=1S/C34H33ClFN5O3S/c1-23(28-17-37-38-18-28)31-20-41(34(39-33(31)43)45-22-25-5-13-30(36)14-6-25)21-32(42)40(15-16-44-2)19-24-3-7-26(8-4-24)27-9-11-29(35)12-10-27/h3-14,17-18,20,23H,15-16,19,21-22H2,1-2H3,(H,37,38). The van der Waals surface area contributed by atoms with Gasteiger partial charge < -0.3 is 14.2 Å². The lowest BCUT2D eigenvalue weighted by molar-refractivity contribution is -0.133. The van der Waals surface area contributed by atoms with E-state index < -0.39 is 0 Å². The molecule has 1 N–H and O–H groups in total. The van der Waals surface area contributed by atoms with Crippen molar-refractivity contribution in [1.82, 2.24) is 24.6 Å². The Morgan fingerprint density at radius 2 is 1.71 bits per heavy atom. The maximum absolute atomic E-state index is 13.9. The first kappa shape index (κ1) is 32.2. The summed E-state index contributed by atoms with van der Waals surface area (Å²) in [5.74, 6) is -0.308. The molecule has 45 heavy (non-hydrogen) atoms. The van der Waals surface area contributed by atoms with E-state index in [0.29, 0.717) is 41.2 Å². The van der Waals surface area contributed by atoms with E-state index in [2.05, 4.69) is 15.2 Å². The van der Waals surface area contributed by atoms with E-state index >= 15 is 0 Å². The molecule has 2 aromatic heterocycles. The Kier molecular flexibility index (Phi) is 10.8. The number of carbonyl (C=O) groups is 1. The third kappa shape index (κ3) is 8.48. The number of aromatic amines is 1. The van der Waals surface area contributed by atoms with Crippen LogP contribution in [0, 0.1) is 5.82 Å². The Morgan fingerprint density at radius 3 is 2.36 bits per heavy atom. The van der Waals surface area contributed by atoms with Gasteiger partial charge in [0.05, 0.1) is 12.8 Å². The number of benzene rings is 3. The fourth-order valence-electron chi connectivity index (χ4n) is 4.83. The van der Waals surface area contributed by atoms with Crippen LogP contribution in [-0.2, 0) is 28.4 Å². The molecule has 0 aliphatic rings. The molecule has 0 aliphatic heterocycles. The molecule has 3 aromatic carbocycles. The zero-order valence-electron chi connectivity index (χ0n) is 25.0. The van der Waals surface area contributed by atoms with E-state index in [4.69, 9.17) is 16.3 Å². The highest BCUT2D eigenvalue weighted by Gasteiger charge is 2.21. The molecule has 0 saturated heterocycles. The second-order valence-corrected chi connectivity index (χ2v) is 12.0. The van der Waals surface area contributed by atoms with Crippen molar-refractivity contribution < 1.29 is 13.9 Å². The molecule has 0 aliphatic carbocycles. The smallest absolute Gasteiger partial charge is 0.277 e. The molecular formula is C34H33ClFN5O3S. The first-order chi connectivity index (χ1) is 21.8. The van der Waals surface area contributed by atoms with Crippen molar-refractivity contribution in [3.8, 4) is 11.1 Å². The molecule has 0 spiro atoms. The van der Waals surface area contributed by atoms with E-state index in [1.165, 1.54) is 23.9 Å². The molecule has 1 atom stereocenters. The Balaban J connectivity index is 1.39. The molecular weight excluding hydrogens is 613 g/mol. The Morgan fingerprint density at radius 1 is 1.04 bits per heavy atom. The Bertz CT molecular complexity index is 1760. The molecule has 8 nitrogen and oxygen atoms in total. The second-order valence-electron chi connectivity index (χ2n) is 10.6. The number of hydrogen-bond acceptors (Lipinski definition) is 6. The number of H-pyrrole nitrogens is 1. The number of rotatable bonds is 13. The highest BCUT2D eigenvalue weighted by molar-refractivity contribution is 7.98. The summed E-state index contributed by atoms with van der Waals surface area (Å²) < 4.78 is 20.5. The van der Waals surface area contributed by atoms with Crippen molar-refractivity contribution >= 4 is 29.3 Å². The number of methoxy groups -OCH3 is 1. The highest BCUT2D eigenvalue weighted by Crippen LogP contribution is 2.26. The number of ether oxygens (including phenoxy) is 1. The monoisotopic (exact) mass is 645 g/mol. The van der Waals surface area contributed by atoms with Gasteiger partial charge in [-0.25, -0.2) is 4.39 Å². The minimum atomic E-state index is -0.369. The van der Waals surface area contributed by atoms with Crippen molar-refractivity contribution in [1.29, 1.82) is 0 Å². The normalized spacial score (nSPS) is 11.8. The van der Waals surface area contributed by atoms with Gasteiger partial charge in [0.1, 0.15) is 12.4 Å². The highest BCUT2D eigenvalue weighted by atomic mass is 35.5. The predicted octanol–water partition coefficient (Wildman–Crippen LogP) is 6.55. The molecule has 1 amide bonds. The molecule has 11 heteroatoms. The average Bonchev–Trinajstić information content (AvgIpc) is 3.59. The maximum Gasteiger partial charge on any atom is 0.277 e. The number of thioether (sulfide) groups is 1. The summed E-state index contributed by atoms with van der Waals surface area (Å²) in [5.41, 5.74) is 4.86. The van der Waals surface area contributed by atoms with Gasteiger partial charge in [-0.2, -0.15) is 10.1 Å². The number of halogens is 2. The van der Waals surface area contributed by atoms with Gasteiger partial charge in [0, 0.05) is 54.8 Å². The maximum atomic E-state index is 13.9. The molecule has 0 saturated carbocycles. The number of aromatic nitrogens is 4. The number of nitrogens with zero attached hydrogens (tertiary/aromatic N) is 4. The molecule has 232 valence electrons. The van der Waals surface area contributed by atoms with Crippen molar-refractivity contribution in [3.63, 3.8) is 0 Å². The van der Waals surface area contributed by atoms with Crippen molar-refractivity contribution in [2.75, 3.05) is 20.3 Å². The van der Waals surface area contributed by atoms with Crippen LogP contribution in [0.25, 0.3) is 11.1 Å². The summed E-state index contributed by atoms with van der Waals surface area (Å²) >= 11 is 7.36. The van der Waals surface area contributed by atoms with Crippen LogP contribution in [0.4, 0.5) is 4.39 Å². The summed E-state index contributed by atoms with van der Waals surface area (Å²) in [5, 5.41) is 7.88. The lowest BCUT2D eigenvalue weighted by atomic mass is 9.98. The van der Waals surface area contributed by atoms with Crippen LogP contribution >= 0.6 is 23.4 Å². The summed E-state index contributed by atoms with van der Waals surface area (Å²) in [4.78, 5) is 33.2. The zero-order valence-corrected chi connectivity index (χ0v) is 26.5. The quantitative estimate of drug-likeness (QED) is 0.115. The van der Waals surface area contributed by atoms with Gasteiger partial charge in [-0.05, 0) is 52.1 Å². The van der Waals surface area contributed by atoms with Gasteiger partial charge in [-0.15, -0.1) is 0 Å². The Labute approximate surface area is 270 Å². The van der Waals surface area contributed by atoms with Crippen molar-refractivity contribution in [3.05, 3.63) is 135 Å². The van der Waals surface area contributed by atoms with Crippen LogP contribution in [0.1, 0.15) is 35.1 Å². The number of amides is 1. The summed E-state index contributed by atoms with van der Waals surface area (Å²) in [7, 11) is 1.60. The minimum Gasteiger partial charge on any atom is -0.383 e. The van der Waals surface area contributed by atoms with E-state index in [-0.39, 0.29) is 29.7 Å². The summed E-state index contributed by atoms with van der Waals surface area (Å²) in [6, 6.07) is 21.9. The van der Waals surface area contributed by atoms with Crippen LogP contribution in [0.5, 0.6) is 0 Å². The van der Waals surface area contributed by atoms with Gasteiger partial charge in [-0.3, -0.25) is 14.7 Å². The fourth-order valence-corrected chi connectivity index (χ4v) is 5.87. The van der Waals surface area contributed by atoms with Crippen LogP contribution in [0.15, 0.2) is 101 Å². The molecule has 2 heterocycles. The van der Waals surface area contributed by atoms with Crippen LogP contribution < -0.4 is 5.56 Å². The number of carbonyl (C=O) groups excluding carboxylic acids is 1. The van der Waals surface area contributed by atoms with Gasteiger partial charge in [-0.1, -0.05) is 78.8 Å². The molecule has 1 unspecified atom stereocenters. The lowest BCUT2D eigenvalue weighted by Crippen LogP contribution is -2.36. The first-order valence-electron chi connectivity index (χ1n) is 14.4. The van der Waals surface area contributed by atoms with Gasteiger partial charge in [0.15, 0.2) is 5.16 Å². The lowest BCUT2D eigenvalue weighted by Gasteiger charge is -2.24. The minimum absolute atomic E-state index is 0.0310. The fraction of sp³-hybridized carbons (Fsp3) is 0.235. The third-order valence-electron chi connectivity index (χ3n) is 7.48. The van der Waals surface area contributed by atoms with Crippen LogP contribution in [0.3, 0.4) is 0 Å². The van der Waals surface area contributed by atoms with Crippen molar-refractivity contribution in [2.45, 2.75) is 36.8 Å². The van der Waals surface area contributed by atoms with Gasteiger partial charge in [0.25, 0.3) is 5.56 Å². The van der Waals surface area contributed by atoms with Crippen molar-refractivity contribution in [2.24, 2.45) is 0 Å². The molecule has 0 radical (unpaired) electrons. The van der Waals surface area contributed by atoms with E-state index in [9.17, 15) is 14.0 Å². The topological polar surface area (TPSA) is 93.1 Å². The molecule has 0 bridgehead atoms. The summed E-state index contributed by atoms with van der Waals surface area (Å²) in [6.07, 6.45) is 5.12. The molecule has 0 fully saturated rings.